The minimum Gasteiger partial charge on any atom is -0.336 e. The van der Waals surface area contributed by atoms with Crippen molar-refractivity contribution in [1.82, 2.24) is 14.9 Å². The van der Waals surface area contributed by atoms with Gasteiger partial charge in [0.2, 0.25) is 5.95 Å². The number of anilines is 2. The second-order valence-electron chi connectivity index (χ2n) is 6.00. The number of nitrogens with one attached hydrogen (secondary N) is 1. The van der Waals surface area contributed by atoms with Crippen LogP contribution in [0.5, 0.6) is 0 Å². The Morgan fingerprint density at radius 1 is 1.15 bits per heavy atom. The molecular weight excluding hydrogens is 348 g/mol. The van der Waals surface area contributed by atoms with Gasteiger partial charge in [-0.05, 0) is 42.3 Å². The third-order valence-corrected chi connectivity index (χ3v) is 4.15. The molecule has 0 aliphatic rings. The van der Waals surface area contributed by atoms with E-state index in [0.717, 1.165) is 16.8 Å². The Kier molecular flexibility index (Phi) is 5.49. The molecule has 0 aliphatic carbocycles. The van der Waals surface area contributed by atoms with Gasteiger partial charge in [0.05, 0.1) is 0 Å². The number of hydrogen-bond acceptors (Lipinski definition) is 4. The highest BCUT2D eigenvalue weighted by Crippen LogP contribution is 2.22. The zero-order chi connectivity index (χ0) is 18.5. The number of nitrogens with zero attached hydrogens (tertiary/aromatic N) is 3. The monoisotopic (exact) mass is 366 g/mol. The van der Waals surface area contributed by atoms with Crippen molar-refractivity contribution in [1.29, 1.82) is 0 Å². The Morgan fingerprint density at radius 2 is 1.92 bits per heavy atom. The normalized spacial score (nSPS) is 10.4. The quantitative estimate of drug-likeness (QED) is 0.724. The van der Waals surface area contributed by atoms with E-state index in [9.17, 15) is 4.79 Å². The number of hydrogen-bond donors (Lipinski definition) is 1. The molecule has 26 heavy (non-hydrogen) atoms. The van der Waals surface area contributed by atoms with Crippen LogP contribution in [0.4, 0.5) is 11.6 Å². The maximum absolute atomic E-state index is 12.7. The van der Waals surface area contributed by atoms with Gasteiger partial charge in [-0.25, -0.2) is 9.97 Å². The molecule has 0 aliphatic heterocycles. The van der Waals surface area contributed by atoms with Gasteiger partial charge in [0.15, 0.2) is 0 Å². The maximum Gasteiger partial charge on any atom is 0.272 e. The summed E-state index contributed by atoms with van der Waals surface area (Å²) < 4.78 is 0. The largest absolute Gasteiger partial charge is 0.336 e. The van der Waals surface area contributed by atoms with Crippen LogP contribution in [0.15, 0.2) is 60.8 Å². The number of benzene rings is 2. The summed E-state index contributed by atoms with van der Waals surface area (Å²) in [6.45, 7) is 2.46. The van der Waals surface area contributed by atoms with E-state index in [-0.39, 0.29) is 5.91 Å². The minimum atomic E-state index is -0.160. The molecule has 6 heteroatoms. The highest BCUT2D eigenvalue weighted by molar-refractivity contribution is 6.30. The van der Waals surface area contributed by atoms with Crippen molar-refractivity contribution in [3.63, 3.8) is 0 Å². The fraction of sp³-hybridized carbons (Fsp3) is 0.150. The van der Waals surface area contributed by atoms with Crippen molar-refractivity contribution in [2.24, 2.45) is 0 Å². The van der Waals surface area contributed by atoms with E-state index in [4.69, 9.17) is 11.6 Å². The lowest BCUT2D eigenvalue weighted by Crippen LogP contribution is -2.27. The Bertz CT molecular complexity index is 915. The van der Waals surface area contributed by atoms with Crippen LogP contribution in [-0.2, 0) is 6.54 Å². The van der Waals surface area contributed by atoms with Crippen molar-refractivity contribution in [2.45, 2.75) is 13.5 Å². The van der Waals surface area contributed by atoms with Gasteiger partial charge in [-0.3, -0.25) is 4.79 Å². The van der Waals surface area contributed by atoms with Crippen molar-refractivity contribution >= 4 is 29.1 Å². The van der Waals surface area contributed by atoms with Crippen LogP contribution in [0.3, 0.4) is 0 Å². The average molecular weight is 367 g/mol. The summed E-state index contributed by atoms with van der Waals surface area (Å²) >= 11 is 5.98. The van der Waals surface area contributed by atoms with Crippen LogP contribution in [0.2, 0.25) is 5.02 Å². The van der Waals surface area contributed by atoms with Crippen LogP contribution in [-0.4, -0.2) is 27.8 Å². The summed E-state index contributed by atoms with van der Waals surface area (Å²) in [5, 5.41) is 3.80. The molecule has 1 aromatic heterocycles. The van der Waals surface area contributed by atoms with Gasteiger partial charge in [-0.2, -0.15) is 0 Å². The SMILES string of the molecule is Cc1cc(Cl)ccc1Nc1nccc(C(=O)N(C)Cc2ccccc2)n1. The van der Waals surface area contributed by atoms with E-state index in [1.807, 2.05) is 49.4 Å². The lowest BCUT2D eigenvalue weighted by Gasteiger charge is -2.17. The zero-order valence-corrected chi connectivity index (χ0v) is 15.4. The summed E-state index contributed by atoms with van der Waals surface area (Å²) in [4.78, 5) is 22.8. The molecular formula is C20H19ClN4O. The van der Waals surface area contributed by atoms with Crippen molar-refractivity contribution in [2.75, 3.05) is 12.4 Å². The van der Waals surface area contributed by atoms with Crippen molar-refractivity contribution in [3.8, 4) is 0 Å². The molecule has 0 bridgehead atoms. The highest BCUT2D eigenvalue weighted by atomic mass is 35.5. The molecule has 3 rings (SSSR count). The smallest absolute Gasteiger partial charge is 0.272 e. The van der Waals surface area contributed by atoms with Crippen molar-refractivity contribution < 1.29 is 4.79 Å². The zero-order valence-electron chi connectivity index (χ0n) is 14.6. The summed E-state index contributed by atoms with van der Waals surface area (Å²) in [5.41, 5.74) is 3.22. The average Bonchev–Trinajstić information content (AvgIpc) is 2.64. The topological polar surface area (TPSA) is 58.1 Å². The van der Waals surface area contributed by atoms with Gasteiger partial charge in [0, 0.05) is 30.5 Å². The van der Waals surface area contributed by atoms with Gasteiger partial charge in [0.25, 0.3) is 5.91 Å². The molecule has 132 valence electrons. The summed E-state index contributed by atoms with van der Waals surface area (Å²) in [6.07, 6.45) is 1.57. The summed E-state index contributed by atoms with van der Waals surface area (Å²) in [6, 6.07) is 16.9. The molecule has 5 nitrogen and oxygen atoms in total. The second-order valence-corrected chi connectivity index (χ2v) is 6.43. The van der Waals surface area contributed by atoms with Crippen LogP contribution in [0.1, 0.15) is 21.6 Å². The number of carbonyl (C=O) groups excluding carboxylic acids is 1. The fourth-order valence-electron chi connectivity index (χ4n) is 2.55. The highest BCUT2D eigenvalue weighted by Gasteiger charge is 2.14. The van der Waals surface area contributed by atoms with Crippen LogP contribution >= 0.6 is 11.6 Å². The van der Waals surface area contributed by atoms with Crippen LogP contribution < -0.4 is 5.32 Å². The molecule has 0 spiro atoms. The number of amides is 1. The molecule has 1 N–H and O–H groups in total. The molecule has 0 fully saturated rings. The molecule has 0 saturated carbocycles. The second kappa shape index (κ2) is 7.97. The Labute approximate surface area is 157 Å². The summed E-state index contributed by atoms with van der Waals surface area (Å²) in [5.74, 6) is 0.210. The van der Waals surface area contributed by atoms with E-state index >= 15 is 0 Å². The van der Waals surface area contributed by atoms with Gasteiger partial charge in [-0.1, -0.05) is 41.9 Å². The molecule has 1 amide bonds. The Hall–Kier alpha value is -2.92. The lowest BCUT2D eigenvalue weighted by molar-refractivity contribution is 0.0779. The minimum absolute atomic E-state index is 0.160. The molecule has 0 radical (unpaired) electrons. The predicted molar refractivity (Wildman–Crippen MR) is 104 cm³/mol. The lowest BCUT2D eigenvalue weighted by atomic mass is 10.2. The van der Waals surface area contributed by atoms with E-state index < -0.39 is 0 Å². The van der Waals surface area contributed by atoms with Crippen LogP contribution in [0.25, 0.3) is 0 Å². The third kappa shape index (κ3) is 4.37. The predicted octanol–water partition coefficient (Wildman–Crippen LogP) is 4.45. The molecule has 3 aromatic rings. The number of halogens is 1. The molecule has 2 aromatic carbocycles. The number of aromatic nitrogens is 2. The van der Waals surface area contributed by atoms with Gasteiger partial charge < -0.3 is 10.2 Å². The fourth-order valence-corrected chi connectivity index (χ4v) is 2.78. The van der Waals surface area contributed by atoms with E-state index in [1.165, 1.54) is 0 Å². The first-order valence-electron chi connectivity index (χ1n) is 8.18. The first kappa shape index (κ1) is 17.9. The standard InChI is InChI=1S/C20H19ClN4O/c1-14-12-16(21)8-9-17(14)23-20-22-11-10-18(24-20)19(26)25(2)13-15-6-4-3-5-7-15/h3-12H,13H2,1-2H3,(H,22,23,24). The Balaban J connectivity index is 1.74. The first-order chi connectivity index (χ1) is 12.5. The number of carbonyl (C=O) groups is 1. The number of aryl methyl sites for hydroxylation is 1. The third-order valence-electron chi connectivity index (χ3n) is 3.92. The molecule has 1 heterocycles. The van der Waals surface area contributed by atoms with Crippen molar-refractivity contribution in [3.05, 3.63) is 82.6 Å². The van der Waals surface area contributed by atoms with E-state index in [0.29, 0.717) is 23.2 Å². The Morgan fingerprint density at radius 3 is 2.65 bits per heavy atom. The van der Waals surface area contributed by atoms with E-state index in [2.05, 4.69) is 15.3 Å². The molecule has 0 saturated heterocycles. The summed E-state index contributed by atoms with van der Waals surface area (Å²) in [7, 11) is 1.76. The molecule has 0 atom stereocenters. The molecule has 0 unspecified atom stereocenters. The van der Waals surface area contributed by atoms with Gasteiger partial charge >= 0.3 is 0 Å². The number of rotatable bonds is 5. The van der Waals surface area contributed by atoms with Gasteiger partial charge in [-0.15, -0.1) is 0 Å². The first-order valence-corrected chi connectivity index (χ1v) is 8.56. The van der Waals surface area contributed by atoms with Gasteiger partial charge in [0.1, 0.15) is 5.69 Å². The van der Waals surface area contributed by atoms with Crippen LogP contribution in [0, 0.1) is 6.92 Å². The maximum atomic E-state index is 12.7. The van der Waals surface area contributed by atoms with E-state index in [1.54, 1.807) is 30.3 Å².